The van der Waals surface area contributed by atoms with Gasteiger partial charge in [-0.05, 0) is 39.2 Å². The minimum atomic E-state index is 0.872. The molecule has 1 rings (SSSR count). The Labute approximate surface area is 110 Å². The van der Waals surface area contributed by atoms with Crippen molar-refractivity contribution in [2.24, 2.45) is 5.84 Å². The highest BCUT2D eigenvalue weighted by Gasteiger charge is 2.07. The summed E-state index contributed by atoms with van der Waals surface area (Å²) in [6.07, 6.45) is 2.95. The van der Waals surface area contributed by atoms with Crippen molar-refractivity contribution in [2.45, 2.75) is 19.9 Å². The number of nitrogens with one attached hydrogen (secondary N) is 1. The van der Waals surface area contributed by atoms with Gasteiger partial charge >= 0.3 is 0 Å². The number of likely N-dealkylation sites (N-methyl/N-ethyl adjacent to an activating group) is 1. The molecule has 5 nitrogen and oxygen atoms in total. The quantitative estimate of drug-likeness (QED) is 0.536. The second-order valence-electron chi connectivity index (χ2n) is 4.76. The van der Waals surface area contributed by atoms with Crippen LogP contribution >= 0.6 is 0 Å². The predicted molar refractivity (Wildman–Crippen MR) is 76.2 cm³/mol. The maximum atomic E-state index is 5.41. The van der Waals surface area contributed by atoms with Gasteiger partial charge in [-0.1, -0.05) is 6.92 Å². The number of hydrogen-bond acceptors (Lipinski definition) is 5. The number of anilines is 1. The van der Waals surface area contributed by atoms with E-state index in [2.05, 4.69) is 41.2 Å². The van der Waals surface area contributed by atoms with Gasteiger partial charge < -0.3 is 10.3 Å². The van der Waals surface area contributed by atoms with Crippen LogP contribution in [-0.4, -0.2) is 48.5 Å². The van der Waals surface area contributed by atoms with E-state index >= 15 is 0 Å². The molecule has 5 heteroatoms. The van der Waals surface area contributed by atoms with Gasteiger partial charge in [0.1, 0.15) is 0 Å². The maximum absolute atomic E-state index is 5.41. The highest BCUT2D eigenvalue weighted by Crippen LogP contribution is 2.09. The number of nitrogens with two attached hydrogens (primary N) is 1. The van der Waals surface area contributed by atoms with Gasteiger partial charge in [-0.3, -0.25) is 15.7 Å². The summed E-state index contributed by atoms with van der Waals surface area (Å²) in [7, 11) is 4.20. The second-order valence-corrected chi connectivity index (χ2v) is 4.76. The molecule has 0 aliphatic heterocycles. The van der Waals surface area contributed by atoms with Crippen LogP contribution in [0.15, 0.2) is 18.3 Å². The molecular weight excluding hydrogens is 226 g/mol. The fourth-order valence-electron chi connectivity index (χ4n) is 1.81. The van der Waals surface area contributed by atoms with E-state index in [1.54, 1.807) is 6.20 Å². The summed E-state index contributed by atoms with van der Waals surface area (Å²) < 4.78 is 0. The molecule has 0 aromatic carbocycles. The Hall–Kier alpha value is -1.17. The van der Waals surface area contributed by atoms with Gasteiger partial charge in [-0.25, -0.2) is 0 Å². The second kappa shape index (κ2) is 8.02. The topological polar surface area (TPSA) is 57.4 Å². The van der Waals surface area contributed by atoms with Gasteiger partial charge in [0.25, 0.3) is 0 Å². The van der Waals surface area contributed by atoms with Crippen LogP contribution in [0.4, 0.5) is 5.69 Å². The average Bonchev–Trinajstić information content (AvgIpc) is 2.36. The number of nitrogen functional groups attached to an aromatic ring is 1. The Morgan fingerprint density at radius 1 is 1.28 bits per heavy atom. The number of aromatic nitrogens is 1. The fraction of sp³-hybridized carbons (Fsp3) is 0.615. The number of pyridine rings is 1. The van der Waals surface area contributed by atoms with Crippen LogP contribution in [0.3, 0.4) is 0 Å². The molecule has 0 spiro atoms. The van der Waals surface area contributed by atoms with Crippen molar-refractivity contribution < 1.29 is 0 Å². The van der Waals surface area contributed by atoms with Crippen molar-refractivity contribution >= 4 is 5.69 Å². The Morgan fingerprint density at radius 3 is 2.67 bits per heavy atom. The van der Waals surface area contributed by atoms with Crippen molar-refractivity contribution in [2.75, 3.05) is 39.2 Å². The zero-order valence-corrected chi connectivity index (χ0v) is 11.7. The molecule has 0 amide bonds. The highest BCUT2D eigenvalue weighted by atomic mass is 15.2. The van der Waals surface area contributed by atoms with E-state index in [1.165, 1.54) is 0 Å². The number of hydrogen-bond donors (Lipinski definition) is 2. The lowest BCUT2D eigenvalue weighted by Crippen LogP contribution is -2.32. The van der Waals surface area contributed by atoms with Crippen molar-refractivity contribution in [3.05, 3.63) is 24.0 Å². The van der Waals surface area contributed by atoms with Crippen LogP contribution < -0.4 is 11.3 Å². The largest absolute Gasteiger partial charge is 0.324 e. The summed E-state index contributed by atoms with van der Waals surface area (Å²) in [5, 5.41) is 0. The minimum Gasteiger partial charge on any atom is -0.324 e. The number of rotatable bonds is 8. The molecule has 18 heavy (non-hydrogen) atoms. The Morgan fingerprint density at radius 2 is 2.06 bits per heavy atom. The van der Waals surface area contributed by atoms with E-state index in [-0.39, 0.29) is 0 Å². The molecule has 0 atom stereocenters. The number of hydrazine groups is 1. The summed E-state index contributed by atoms with van der Waals surface area (Å²) in [6.45, 7) is 6.29. The molecule has 0 bridgehead atoms. The molecule has 1 aromatic rings. The van der Waals surface area contributed by atoms with E-state index in [4.69, 9.17) is 5.84 Å². The number of nitrogens with zero attached hydrogens (tertiary/aromatic N) is 3. The van der Waals surface area contributed by atoms with Crippen LogP contribution in [0.1, 0.15) is 19.0 Å². The van der Waals surface area contributed by atoms with E-state index in [9.17, 15) is 0 Å². The van der Waals surface area contributed by atoms with Gasteiger partial charge in [-0.15, -0.1) is 0 Å². The van der Waals surface area contributed by atoms with Crippen molar-refractivity contribution in [3.63, 3.8) is 0 Å². The first-order chi connectivity index (χ1) is 8.65. The van der Waals surface area contributed by atoms with Crippen LogP contribution in [0.5, 0.6) is 0 Å². The zero-order chi connectivity index (χ0) is 13.4. The Bertz CT molecular complexity index is 340. The average molecular weight is 251 g/mol. The molecule has 0 aliphatic rings. The van der Waals surface area contributed by atoms with Crippen LogP contribution in [0.25, 0.3) is 0 Å². The summed E-state index contributed by atoms with van der Waals surface area (Å²) in [5.74, 6) is 5.41. The fourth-order valence-corrected chi connectivity index (χ4v) is 1.81. The molecule has 102 valence electrons. The monoisotopic (exact) mass is 251 g/mol. The molecular formula is C13H25N5. The van der Waals surface area contributed by atoms with Crippen molar-refractivity contribution in [3.8, 4) is 0 Å². The molecule has 3 N–H and O–H groups in total. The molecule has 0 fully saturated rings. The molecule has 1 aromatic heterocycles. The first-order valence-electron chi connectivity index (χ1n) is 6.44. The molecule has 0 unspecified atom stereocenters. The summed E-state index contributed by atoms with van der Waals surface area (Å²) in [6, 6.07) is 3.87. The molecule has 1 heterocycles. The molecule has 0 saturated carbocycles. The molecule has 0 saturated heterocycles. The third-order valence-electron chi connectivity index (χ3n) is 2.77. The molecule has 0 radical (unpaired) electrons. The van der Waals surface area contributed by atoms with Gasteiger partial charge in [0.05, 0.1) is 11.4 Å². The van der Waals surface area contributed by atoms with Crippen LogP contribution in [-0.2, 0) is 6.54 Å². The Balaban J connectivity index is 2.57. The summed E-state index contributed by atoms with van der Waals surface area (Å²) >= 11 is 0. The van der Waals surface area contributed by atoms with E-state index in [0.29, 0.717) is 0 Å². The van der Waals surface area contributed by atoms with Gasteiger partial charge in [0.2, 0.25) is 0 Å². The first-order valence-corrected chi connectivity index (χ1v) is 6.44. The first kappa shape index (κ1) is 14.9. The lowest BCUT2D eigenvalue weighted by Gasteiger charge is -2.23. The SMILES string of the molecule is CCCN(CCN(C)C)Cc1cc(NN)ccn1. The molecule has 0 aliphatic carbocycles. The maximum Gasteiger partial charge on any atom is 0.0564 e. The van der Waals surface area contributed by atoms with Crippen LogP contribution in [0.2, 0.25) is 0 Å². The van der Waals surface area contributed by atoms with Gasteiger partial charge in [0, 0.05) is 25.8 Å². The standard InChI is InChI=1S/C13H25N5/c1-4-7-18(9-8-17(2)3)11-13-10-12(16-14)5-6-15-13/h5-6,10H,4,7-9,11,14H2,1-3H3,(H,15,16). The third kappa shape index (κ3) is 5.44. The van der Waals surface area contributed by atoms with Crippen molar-refractivity contribution in [1.82, 2.24) is 14.8 Å². The lowest BCUT2D eigenvalue weighted by molar-refractivity contribution is 0.232. The normalized spacial score (nSPS) is 11.2. The van der Waals surface area contributed by atoms with Crippen molar-refractivity contribution in [1.29, 1.82) is 0 Å². The van der Waals surface area contributed by atoms with Gasteiger partial charge in [0.15, 0.2) is 0 Å². The van der Waals surface area contributed by atoms with E-state index in [0.717, 1.165) is 44.0 Å². The van der Waals surface area contributed by atoms with E-state index < -0.39 is 0 Å². The Kier molecular flexibility index (Phi) is 6.64. The summed E-state index contributed by atoms with van der Waals surface area (Å²) in [5.41, 5.74) is 4.62. The zero-order valence-electron chi connectivity index (χ0n) is 11.7. The predicted octanol–water partition coefficient (Wildman–Crippen LogP) is 1.14. The highest BCUT2D eigenvalue weighted by molar-refractivity contribution is 5.41. The lowest BCUT2D eigenvalue weighted by atomic mass is 10.3. The van der Waals surface area contributed by atoms with Crippen LogP contribution in [0, 0.1) is 0 Å². The van der Waals surface area contributed by atoms with E-state index in [1.807, 2.05) is 12.1 Å². The van der Waals surface area contributed by atoms with Gasteiger partial charge in [-0.2, -0.15) is 0 Å². The summed E-state index contributed by atoms with van der Waals surface area (Å²) in [4.78, 5) is 9.01. The third-order valence-corrected chi connectivity index (χ3v) is 2.77. The minimum absolute atomic E-state index is 0.872. The smallest absolute Gasteiger partial charge is 0.0564 e.